The maximum absolute atomic E-state index is 13.4. The van der Waals surface area contributed by atoms with Gasteiger partial charge in [0.1, 0.15) is 11.9 Å². The second-order valence-corrected chi connectivity index (χ2v) is 4.74. The van der Waals surface area contributed by atoms with E-state index in [4.69, 9.17) is 9.47 Å². The molecule has 98 valence electrons. The van der Waals surface area contributed by atoms with E-state index >= 15 is 0 Å². The second kappa shape index (κ2) is 5.48. The summed E-state index contributed by atoms with van der Waals surface area (Å²) in [6.45, 7) is 3.89. The van der Waals surface area contributed by atoms with Gasteiger partial charge in [-0.1, -0.05) is 12.1 Å². The number of halogens is 1. The molecule has 0 bridgehead atoms. The van der Waals surface area contributed by atoms with Crippen molar-refractivity contribution in [1.82, 2.24) is 0 Å². The topological polar surface area (TPSA) is 35.5 Å². The Kier molecular flexibility index (Phi) is 3.97. The highest BCUT2D eigenvalue weighted by Crippen LogP contribution is 2.23. The van der Waals surface area contributed by atoms with Gasteiger partial charge in [0.15, 0.2) is 0 Å². The van der Waals surface area contributed by atoms with Crippen molar-refractivity contribution in [3.8, 4) is 0 Å². The van der Waals surface area contributed by atoms with Gasteiger partial charge < -0.3 is 9.47 Å². The fourth-order valence-corrected chi connectivity index (χ4v) is 2.28. The number of rotatable bonds is 2. The molecule has 0 aromatic heterocycles. The molecule has 1 heterocycles. The van der Waals surface area contributed by atoms with Crippen molar-refractivity contribution < 1.29 is 18.7 Å². The molecular weight excluding hydrogens is 235 g/mol. The molecule has 1 aromatic rings. The van der Waals surface area contributed by atoms with Crippen LogP contribution in [0, 0.1) is 5.82 Å². The van der Waals surface area contributed by atoms with Crippen molar-refractivity contribution in [2.45, 2.75) is 45.0 Å². The molecule has 0 N–H and O–H groups in total. The second-order valence-electron chi connectivity index (χ2n) is 4.74. The van der Waals surface area contributed by atoms with E-state index in [1.807, 2.05) is 13.8 Å². The molecule has 18 heavy (non-hydrogen) atoms. The molecule has 1 fully saturated rings. The molecule has 4 heteroatoms. The van der Waals surface area contributed by atoms with Gasteiger partial charge in [0, 0.05) is 12.8 Å². The van der Waals surface area contributed by atoms with Crippen LogP contribution in [0.2, 0.25) is 0 Å². The van der Waals surface area contributed by atoms with Gasteiger partial charge in [-0.25, -0.2) is 9.18 Å². The minimum atomic E-state index is -0.598. The zero-order valence-corrected chi connectivity index (χ0v) is 10.6. The molecule has 2 unspecified atom stereocenters. The van der Waals surface area contributed by atoms with E-state index in [1.165, 1.54) is 12.1 Å². The Morgan fingerprint density at radius 1 is 1.28 bits per heavy atom. The highest BCUT2D eigenvalue weighted by Gasteiger charge is 2.28. The van der Waals surface area contributed by atoms with Crippen LogP contribution in [0.4, 0.5) is 4.39 Å². The van der Waals surface area contributed by atoms with E-state index in [9.17, 15) is 9.18 Å². The number of benzene rings is 1. The van der Waals surface area contributed by atoms with E-state index in [0.717, 1.165) is 0 Å². The van der Waals surface area contributed by atoms with E-state index in [1.54, 1.807) is 12.1 Å². The molecule has 0 radical (unpaired) electrons. The molecule has 0 amide bonds. The molecule has 1 aliphatic rings. The van der Waals surface area contributed by atoms with Crippen molar-refractivity contribution in [3.63, 3.8) is 0 Å². The third-order valence-electron chi connectivity index (χ3n) is 3.02. The third kappa shape index (κ3) is 3.07. The summed E-state index contributed by atoms with van der Waals surface area (Å²) in [6, 6.07) is 5.86. The smallest absolute Gasteiger partial charge is 0.341 e. The number of esters is 1. The lowest BCUT2D eigenvalue weighted by atomic mass is 10.0. The molecule has 0 aliphatic carbocycles. The van der Waals surface area contributed by atoms with Crippen molar-refractivity contribution in [2.24, 2.45) is 0 Å². The lowest BCUT2D eigenvalue weighted by Crippen LogP contribution is -2.35. The van der Waals surface area contributed by atoms with Crippen LogP contribution >= 0.6 is 0 Å². The molecule has 0 saturated carbocycles. The van der Waals surface area contributed by atoms with Gasteiger partial charge in [0.05, 0.1) is 17.8 Å². The summed E-state index contributed by atoms with van der Waals surface area (Å²) in [4.78, 5) is 11.8. The van der Waals surface area contributed by atoms with Gasteiger partial charge in [-0.2, -0.15) is 0 Å². The molecule has 1 saturated heterocycles. The summed E-state index contributed by atoms with van der Waals surface area (Å²) >= 11 is 0. The first-order valence-electron chi connectivity index (χ1n) is 6.17. The lowest BCUT2D eigenvalue weighted by Gasteiger charge is -2.31. The van der Waals surface area contributed by atoms with E-state index < -0.39 is 11.8 Å². The highest BCUT2D eigenvalue weighted by molar-refractivity contribution is 5.89. The zero-order chi connectivity index (χ0) is 13.1. The quantitative estimate of drug-likeness (QED) is 0.759. The highest BCUT2D eigenvalue weighted by atomic mass is 19.1. The summed E-state index contributed by atoms with van der Waals surface area (Å²) in [7, 11) is 0. The third-order valence-corrected chi connectivity index (χ3v) is 3.02. The molecule has 0 spiro atoms. The predicted molar refractivity (Wildman–Crippen MR) is 64.8 cm³/mol. The van der Waals surface area contributed by atoms with Gasteiger partial charge in [-0.15, -0.1) is 0 Å². The fraction of sp³-hybridized carbons (Fsp3) is 0.500. The van der Waals surface area contributed by atoms with Crippen LogP contribution in [0.5, 0.6) is 0 Å². The van der Waals surface area contributed by atoms with Crippen molar-refractivity contribution in [2.75, 3.05) is 0 Å². The molecule has 1 aliphatic heterocycles. The van der Waals surface area contributed by atoms with Crippen LogP contribution in [-0.2, 0) is 9.47 Å². The van der Waals surface area contributed by atoms with Gasteiger partial charge in [0.25, 0.3) is 0 Å². The average Bonchev–Trinajstić information content (AvgIpc) is 2.27. The number of ether oxygens (including phenoxy) is 2. The average molecular weight is 252 g/mol. The van der Waals surface area contributed by atoms with Crippen LogP contribution in [0.3, 0.4) is 0 Å². The van der Waals surface area contributed by atoms with E-state index in [0.29, 0.717) is 12.8 Å². The Morgan fingerprint density at radius 2 is 1.89 bits per heavy atom. The summed E-state index contributed by atoms with van der Waals surface area (Å²) in [6.07, 6.45) is 1.24. The Labute approximate surface area is 106 Å². The fourth-order valence-electron chi connectivity index (χ4n) is 2.28. The van der Waals surface area contributed by atoms with Crippen LogP contribution in [0.15, 0.2) is 24.3 Å². The van der Waals surface area contributed by atoms with Crippen molar-refractivity contribution >= 4 is 5.97 Å². The van der Waals surface area contributed by atoms with Crippen LogP contribution in [0.25, 0.3) is 0 Å². The molecule has 3 nitrogen and oxygen atoms in total. The van der Waals surface area contributed by atoms with Gasteiger partial charge >= 0.3 is 5.97 Å². The Bertz CT molecular complexity index is 423. The number of carbonyl (C=O) groups is 1. The largest absolute Gasteiger partial charge is 0.459 e. The number of hydrogen-bond donors (Lipinski definition) is 0. The van der Waals surface area contributed by atoms with E-state index in [-0.39, 0.29) is 23.9 Å². The number of carbonyl (C=O) groups excluding carboxylic acids is 1. The van der Waals surface area contributed by atoms with Gasteiger partial charge in [-0.3, -0.25) is 0 Å². The minimum Gasteiger partial charge on any atom is -0.459 e. The van der Waals surface area contributed by atoms with Crippen LogP contribution < -0.4 is 0 Å². The standard InChI is InChI=1S/C14H17FO3/c1-9-7-11(8-10(2)17-9)18-14(16)12-5-3-4-6-13(12)15/h3-6,9-11H,7-8H2,1-2H3. The summed E-state index contributed by atoms with van der Waals surface area (Å²) in [5, 5.41) is 0. The minimum absolute atomic E-state index is 0.00991. The molecule has 2 rings (SSSR count). The zero-order valence-electron chi connectivity index (χ0n) is 10.6. The molecule has 1 aromatic carbocycles. The Morgan fingerprint density at radius 3 is 2.50 bits per heavy atom. The van der Waals surface area contributed by atoms with Crippen LogP contribution in [0.1, 0.15) is 37.0 Å². The predicted octanol–water partition coefficient (Wildman–Crippen LogP) is 2.94. The first kappa shape index (κ1) is 13.0. The maximum atomic E-state index is 13.4. The normalized spacial score (nSPS) is 27.8. The van der Waals surface area contributed by atoms with Gasteiger partial charge in [0.2, 0.25) is 0 Å². The Hall–Kier alpha value is -1.42. The van der Waals surface area contributed by atoms with Gasteiger partial charge in [-0.05, 0) is 26.0 Å². The first-order valence-corrected chi connectivity index (χ1v) is 6.17. The Balaban J connectivity index is 2.01. The monoisotopic (exact) mass is 252 g/mol. The van der Waals surface area contributed by atoms with Crippen LogP contribution in [-0.4, -0.2) is 24.3 Å². The summed E-state index contributed by atoms with van der Waals surface area (Å²) < 4.78 is 24.3. The molecule has 2 atom stereocenters. The SMILES string of the molecule is CC1CC(OC(=O)c2ccccc2F)CC(C)O1. The first-order chi connectivity index (χ1) is 8.56. The van der Waals surface area contributed by atoms with Crippen molar-refractivity contribution in [1.29, 1.82) is 0 Å². The lowest BCUT2D eigenvalue weighted by molar-refractivity contribution is -0.0856. The number of hydrogen-bond acceptors (Lipinski definition) is 3. The van der Waals surface area contributed by atoms with E-state index in [2.05, 4.69) is 0 Å². The summed E-state index contributed by atoms with van der Waals surface area (Å²) in [5.74, 6) is -1.14. The summed E-state index contributed by atoms with van der Waals surface area (Å²) in [5.41, 5.74) is -0.00991. The van der Waals surface area contributed by atoms with Crippen molar-refractivity contribution in [3.05, 3.63) is 35.6 Å². The maximum Gasteiger partial charge on any atom is 0.341 e. The molecular formula is C14H17FO3.